The third kappa shape index (κ3) is 2.01. The first-order valence-electron chi connectivity index (χ1n) is 6.89. The Bertz CT molecular complexity index is 339. The van der Waals surface area contributed by atoms with E-state index in [4.69, 9.17) is 0 Å². The van der Waals surface area contributed by atoms with Crippen LogP contribution in [0.4, 0.5) is 0 Å². The first-order valence-corrected chi connectivity index (χ1v) is 6.89. The predicted octanol–water partition coefficient (Wildman–Crippen LogP) is 1.27. The maximum Gasteiger partial charge on any atom is 0.226 e. The van der Waals surface area contributed by atoms with Crippen molar-refractivity contribution in [2.75, 3.05) is 26.7 Å². The monoisotopic (exact) mass is 234 g/mol. The van der Waals surface area contributed by atoms with E-state index in [2.05, 4.69) is 22.4 Å². The highest BCUT2D eigenvalue weighted by molar-refractivity contribution is 5.80. The van der Waals surface area contributed by atoms with Crippen molar-refractivity contribution in [3.63, 3.8) is 0 Å². The highest BCUT2D eigenvalue weighted by Gasteiger charge is 2.42. The second kappa shape index (κ2) is 4.45. The van der Waals surface area contributed by atoms with E-state index in [1.54, 1.807) is 0 Å². The number of carbonyl (C=O) groups excluding carboxylic acids is 1. The van der Waals surface area contributed by atoms with Crippen molar-refractivity contribution in [2.24, 2.45) is 23.7 Å². The summed E-state index contributed by atoms with van der Waals surface area (Å²) < 4.78 is 0. The van der Waals surface area contributed by atoms with Crippen LogP contribution in [0.2, 0.25) is 0 Å². The number of hydrogen-bond donors (Lipinski definition) is 1. The summed E-state index contributed by atoms with van der Waals surface area (Å²) in [5, 5.41) is 3.22. The van der Waals surface area contributed by atoms with Crippen LogP contribution in [0, 0.1) is 23.7 Å². The van der Waals surface area contributed by atoms with Gasteiger partial charge in [0.1, 0.15) is 0 Å². The molecule has 0 aromatic rings. The largest absolute Gasteiger partial charge is 0.342 e. The molecule has 3 nitrogen and oxygen atoms in total. The lowest BCUT2D eigenvalue weighted by molar-refractivity contribution is -0.135. The molecular weight excluding hydrogens is 212 g/mol. The Labute approximate surface area is 103 Å². The number of nitrogens with one attached hydrogen (secondary N) is 1. The highest BCUT2D eigenvalue weighted by atomic mass is 16.2. The Kier molecular flexibility index (Phi) is 2.95. The van der Waals surface area contributed by atoms with Crippen LogP contribution in [-0.2, 0) is 4.79 Å². The molecule has 4 unspecified atom stereocenters. The van der Waals surface area contributed by atoms with Crippen molar-refractivity contribution >= 4 is 5.91 Å². The molecule has 1 saturated heterocycles. The SMILES string of the molecule is CNCC1CCN(C(=O)C2CC3C=CC2C3)C1. The van der Waals surface area contributed by atoms with Gasteiger partial charge in [0.15, 0.2) is 0 Å². The quantitative estimate of drug-likeness (QED) is 0.746. The van der Waals surface area contributed by atoms with Gasteiger partial charge in [-0.1, -0.05) is 12.2 Å². The molecule has 0 spiro atoms. The molecule has 4 atom stereocenters. The van der Waals surface area contributed by atoms with Crippen molar-refractivity contribution < 1.29 is 4.79 Å². The van der Waals surface area contributed by atoms with Crippen LogP contribution >= 0.6 is 0 Å². The number of rotatable bonds is 3. The van der Waals surface area contributed by atoms with Crippen LogP contribution in [0.25, 0.3) is 0 Å². The summed E-state index contributed by atoms with van der Waals surface area (Å²) in [5.74, 6) is 2.65. The van der Waals surface area contributed by atoms with Crippen molar-refractivity contribution in [3.8, 4) is 0 Å². The lowest BCUT2D eigenvalue weighted by Gasteiger charge is -2.24. The van der Waals surface area contributed by atoms with Crippen molar-refractivity contribution in [2.45, 2.75) is 19.3 Å². The van der Waals surface area contributed by atoms with Crippen LogP contribution < -0.4 is 5.32 Å². The molecule has 17 heavy (non-hydrogen) atoms. The zero-order valence-corrected chi connectivity index (χ0v) is 10.6. The fraction of sp³-hybridized carbons (Fsp3) is 0.786. The normalized spacial score (nSPS) is 39.2. The van der Waals surface area contributed by atoms with E-state index >= 15 is 0 Å². The molecule has 2 bridgehead atoms. The van der Waals surface area contributed by atoms with Gasteiger partial charge in [-0.2, -0.15) is 0 Å². The molecule has 1 saturated carbocycles. The molecule has 2 aliphatic carbocycles. The molecule has 3 rings (SSSR count). The van der Waals surface area contributed by atoms with E-state index in [-0.39, 0.29) is 0 Å². The Morgan fingerprint density at radius 3 is 2.94 bits per heavy atom. The van der Waals surface area contributed by atoms with Gasteiger partial charge >= 0.3 is 0 Å². The number of likely N-dealkylation sites (tertiary alicyclic amines) is 1. The molecule has 94 valence electrons. The number of nitrogens with zero attached hydrogens (tertiary/aromatic N) is 1. The summed E-state index contributed by atoms with van der Waals surface area (Å²) in [6.07, 6.45) is 8.08. The highest BCUT2D eigenvalue weighted by Crippen LogP contribution is 2.44. The number of hydrogen-bond acceptors (Lipinski definition) is 2. The van der Waals surface area contributed by atoms with Crippen LogP contribution in [0.3, 0.4) is 0 Å². The fourth-order valence-corrected chi connectivity index (χ4v) is 3.79. The van der Waals surface area contributed by atoms with Gasteiger partial charge in [-0.15, -0.1) is 0 Å². The van der Waals surface area contributed by atoms with Crippen LogP contribution in [0.1, 0.15) is 19.3 Å². The maximum absolute atomic E-state index is 12.5. The number of amides is 1. The van der Waals surface area contributed by atoms with Crippen LogP contribution in [0.5, 0.6) is 0 Å². The predicted molar refractivity (Wildman–Crippen MR) is 67.5 cm³/mol. The molecular formula is C14H22N2O. The van der Waals surface area contributed by atoms with Gasteiger partial charge in [-0.25, -0.2) is 0 Å². The fourth-order valence-electron chi connectivity index (χ4n) is 3.79. The smallest absolute Gasteiger partial charge is 0.226 e. The Morgan fingerprint density at radius 2 is 2.29 bits per heavy atom. The van der Waals surface area contributed by atoms with Crippen molar-refractivity contribution in [1.29, 1.82) is 0 Å². The minimum absolute atomic E-state index is 0.304. The molecule has 3 aliphatic rings. The lowest BCUT2D eigenvalue weighted by Crippen LogP contribution is -2.36. The van der Waals surface area contributed by atoms with E-state index in [1.165, 1.54) is 12.8 Å². The van der Waals surface area contributed by atoms with E-state index < -0.39 is 0 Å². The molecule has 0 aromatic heterocycles. The first kappa shape index (κ1) is 11.3. The Morgan fingerprint density at radius 1 is 1.41 bits per heavy atom. The first-order chi connectivity index (χ1) is 8.28. The summed E-state index contributed by atoms with van der Waals surface area (Å²) >= 11 is 0. The Hall–Kier alpha value is -0.830. The third-order valence-electron chi connectivity index (χ3n) is 4.69. The van der Waals surface area contributed by atoms with E-state index in [9.17, 15) is 4.79 Å². The average Bonchev–Trinajstić information content (AvgIpc) is 3.03. The third-order valence-corrected chi connectivity index (χ3v) is 4.69. The van der Waals surface area contributed by atoms with Crippen LogP contribution in [-0.4, -0.2) is 37.5 Å². The van der Waals surface area contributed by atoms with Gasteiger partial charge in [0.05, 0.1) is 0 Å². The van der Waals surface area contributed by atoms with Gasteiger partial charge in [0.25, 0.3) is 0 Å². The molecule has 1 amide bonds. The molecule has 3 heteroatoms. The summed E-state index contributed by atoms with van der Waals surface area (Å²) in [7, 11) is 1.99. The second-order valence-corrected chi connectivity index (χ2v) is 5.88. The average molecular weight is 234 g/mol. The molecule has 1 heterocycles. The summed E-state index contributed by atoms with van der Waals surface area (Å²) in [5.41, 5.74) is 0. The summed E-state index contributed by atoms with van der Waals surface area (Å²) in [6, 6.07) is 0. The minimum Gasteiger partial charge on any atom is -0.342 e. The lowest BCUT2D eigenvalue weighted by atomic mass is 9.92. The molecule has 0 radical (unpaired) electrons. The van der Waals surface area contributed by atoms with Crippen molar-refractivity contribution in [3.05, 3.63) is 12.2 Å². The molecule has 1 aliphatic heterocycles. The standard InChI is InChI=1S/C14H22N2O/c1-15-8-11-4-5-16(9-11)14(17)13-7-10-2-3-12(13)6-10/h2-3,10-13,15H,4-9H2,1H3. The molecule has 1 N–H and O–H groups in total. The second-order valence-electron chi connectivity index (χ2n) is 5.88. The van der Waals surface area contributed by atoms with E-state index in [0.29, 0.717) is 29.6 Å². The van der Waals surface area contributed by atoms with Gasteiger partial charge in [-0.3, -0.25) is 4.79 Å². The summed E-state index contributed by atoms with van der Waals surface area (Å²) in [4.78, 5) is 14.6. The number of allylic oxidation sites excluding steroid dienone is 2. The van der Waals surface area contributed by atoms with Gasteiger partial charge in [-0.05, 0) is 50.6 Å². The topological polar surface area (TPSA) is 32.3 Å². The van der Waals surface area contributed by atoms with E-state index in [1.807, 2.05) is 7.05 Å². The van der Waals surface area contributed by atoms with Gasteiger partial charge in [0, 0.05) is 19.0 Å². The van der Waals surface area contributed by atoms with Gasteiger partial charge in [0.2, 0.25) is 5.91 Å². The van der Waals surface area contributed by atoms with Crippen molar-refractivity contribution in [1.82, 2.24) is 10.2 Å². The van der Waals surface area contributed by atoms with Crippen LogP contribution in [0.15, 0.2) is 12.2 Å². The van der Waals surface area contributed by atoms with Gasteiger partial charge < -0.3 is 10.2 Å². The zero-order valence-electron chi connectivity index (χ0n) is 10.6. The number of carbonyl (C=O) groups is 1. The maximum atomic E-state index is 12.5. The number of fused-ring (bicyclic) bond motifs is 2. The zero-order chi connectivity index (χ0) is 11.8. The van der Waals surface area contributed by atoms with E-state index in [0.717, 1.165) is 26.1 Å². The Balaban J connectivity index is 1.59. The minimum atomic E-state index is 0.304. The molecule has 0 aromatic carbocycles. The molecule has 2 fully saturated rings. The summed E-state index contributed by atoms with van der Waals surface area (Å²) in [6.45, 7) is 2.99.